The molecule has 152 valence electrons. The molecule has 0 fully saturated rings. The van der Waals surface area contributed by atoms with E-state index < -0.39 is 0 Å². The van der Waals surface area contributed by atoms with E-state index in [9.17, 15) is 14.3 Å². The first-order valence-corrected chi connectivity index (χ1v) is 9.99. The van der Waals surface area contributed by atoms with Crippen molar-refractivity contribution in [2.75, 3.05) is 12.9 Å². The molecule has 0 aliphatic carbocycles. The number of hydrogen-bond acceptors (Lipinski definition) is 5. The quantitative estimate of drug-likeness (QED) is 0.526. The fraction of sp³-hybridized carbons (Fsp3) is 0.238. The van der Waals surface area contributed by atoms with Crippen LogP contribution in [0.15, 0.2) is 59.9 Å². The van der Waals surface area contributed by atoms with Gasteiger partial charge in [0.05, 0.1) is 31.4 Å². The summed E-state index contributed by atoms with van der Waals surface area (Å²) in [5, 5.41) is 13.1. The fourth-order valence-electron chi connectivity index (χ4n) is 2.70. The van der Waals surface area contributed by atoms with E-state index in [1.165, 1.54) is 23.9 Å². The molecule has 0 saturated carbocycles. The highest BCUT2D eigenvalue weighted by Crippen LogP contribution is 2.21. The summed E-state index contributed by atoms with van der Waals surface area (Å²) >= 11 is 1.30. The van der Waals surface area contributed by atoms with Crippen molar-refractivity contribution in [2.24, 2.45) is 0 Å². The van der Waals surface area contributed by atoms with Gasteiger partial charge < -0.3 is 19.7 Å². The predicted octanol–water partition coefficient (Wildman–Crippen LogP) is 2.98. The van der Waals surface area contributed by atoms with Crippen LogP contribution in [0.5, 0.6) is 5.75 Å². The number of carbonyl (C=O) groups excluding carboxylic acids is 1. The summed E-state index contributed by atoms with van der Waals surface area (Å²) < 4.78 is 20.0. The van der Waals surface area contributed by atoms with Crippen molar-refractivity contribution < 1.29 is 19.0 Å². The molecule has 0 spiro atoms. The minimum atomic E-state index is -0.306. The van der Waals surface area contributed by atoms with Gasteiger partial charge in [-0.2, -0.15) is 0 Å². The molecule has 1 amide bonds. The fourth-order valence-corrected chi connectivity index (χ4v) is 3.53. The Labute approximate surface area is 172 Å². The number of ether oxygens (including phenoxy) is 1. The summed E-state index contributed by atoms with van der Waals surface area (Å²) in [6, 6.07) is 13.6. The molecule has 1 aromatic heterocycles. The summed E-state index contributed by atoms with van der Waals surface area (Å²) in [5.74, 6) is 0.503. The Morgan fingerprint density at radius 2 is 1.86 bits per heavy atom. The third-order valence-corrected chi connectivity index (χ3v) is 5.29. The molecule has 0 saturated heterocycles. The summed E-state index contributed by atoms with van der Waals surface area (Å²) in [6.45, 7) is 0.724. The van der Waals surface area contributed by atoms with Crippen LogP contribution in [0.1, 0.15) is 16.8 Å². The average molecular weight is 415 g/mol. The van der Waals surface area contributed by atoms with Gasteiger partial charge in [0.1, 0.15) is 11.6 Å². The average Bonchev–Trinajstić information content (AvgIpc) is 3.14. The number of hydrogen-bond donors (Lipinski definition) is 2. The second-order valence-corrected chi connectivity index (χ2v) is 7.26. The van der Waals surface area contributed by atoms with Gasteiger partial charge in [0.2, 0.25) is 5.91 Å². The van der Waals surface area contributed by atoms with Gasteiger partial charge in [0.25, 0.3) is 0 Å². The van der Waals surface area contributed by atoms with Gasteiger partial charge >= 0.3 is 0 Å². The lowest BCUT2D eigenvalue weighted by molar-refractivity contribution is -0.118. The highest BCUT2D eigenvalue weighted by Gasteiger charge is 2.13. The SMILES string of the molecule is COc1ccc(Cn2c(CO)cnc2SCC(=O)NCc2ccc(F)cc2)cc1. The largest absolute Gasteiger partial charge is 0.497 e. The molecule has 2 aromatic carbocycles. The molecule has 0 radical (unpaired) electrons. The summed E-state index contributed by atoms with van der Waals surface area (Å²) in [5.41, 5.74) is 2.53. The van der Waals surface area contributed by atoms with E-state index in [-0.39, 0.29) is 24.1 Å². The molecule has 6 nitrogen and oxygen atoms in total. The maximum Gasteiger partial charge on any atom is 0.230 e. The third-order valence-electron chi connectivity index (χ3n) is 4.30. The Bertz CT molecular complexity index is 943. The van der Waals surface area contributed by atoms with Crippen molar-refractivity contribution in [3.63, 3.8) is 0 Å². The zero-order chi connectivity index (χ0) is 20.6. The smallest absolute Gasteiger partial charge is 0.230 e. The third kappa shape index (κ3) is 5.82. The molecule has 0 bridgehead atoms. The maximum atomic E-state index is 12.9. The highest BCUT2D eigenvalue weighted by molar-refractivity contribution is 7.99. The van der Waals surface area contributed by atoms with Gasteiger partial charge in [-0.3, -0.25) is 4.79 Å². The number of halogens is 1. The zero-order valence-electron chi connectivity index (χ0n) is 16.0. The van der Waals surface area contributed by atoms with Crippen LogP contribution < -0.4 is 10.1 Å². The Morgan fingerprint density at radius 1 is 1.17 bits per heavy atom. The molecule has 0 aliphatic rings. The van der Waals surface area contributed by atoms with Gasteiger partial charge in [-0.15, -0.1) is 0 Å². The lowest BCUT2D eigenvalue weighted by atomic mass is 10.2. The minimum absolute atomic E-state index is 0.138. The number of imidazole rings is 1. The van der Waals surface area contributed by atoms with Crippen LogP contribution in [0.4, 0.5) is 4.39 Å². The topological polar surface area (TPSA) is 76.4 Å². The van der Waals surface area contributed by atoms with Crippen molar-refractivity contribution >= 4 is 17.7 Å². The highest BCUT2D eigenvalue weighted by atomic mass is 32.2. The van der Waals surface area contributed by atoms with E-state index in [1.54, 1.807) is 25.4 Å². The van der Waals surface area contributed by atoms with Crippen LogP contribution in [0.25, 0.3) is 0 Å². The molecule has 3 rings (SSSR count). The number of aliphatic hydroxyl groups excluding tert-OH is 1. The van der Waals surface area contributed by atoms with E-state index in [0.29, 0.717) is 23.9 Å². The lowest BCUT2D eigenvalue weighted by Gasteiger charge is -2.11. The number of thioether (sulfide) groups is 1. The monoisotopic (exact) mass is 415 g/mol. The second-order valence-electron chi connectivity index (χ2n) is 6.32. The van der Waals surface area contributed by atoms with Gasteiger partial charge in [0.15, 0.2) is 5.16 Å². The minimum Gasteiger partial charge on any atom is -0.497 e. The van der Waals surface area contributed by atoms with Crippen molar-refractivity contribution in [2.45, 2.75) is 24.9 Å². The maximum absolute atomic E-state index is 12.9. The number of amides is 1. The Balaban J connectivity index is 1.59. The molecule has 29 heavy (non-hydrogen) atoms. The summed E-state index contributed by atoms with van der Waals surface area (Å²) in [6.07, 6.45) is 1.61. The number of rotatable bonds is 9. The summed E-state index contributed by atoms with van der Waals surface area (Å²) in [7, 11) is 1.62. The number of carbonyl (C=O) groups is 1. The number of benzene rings is 2. The van der Waals surface area contributed by atoms with Crippen LogP contribution in [-0.4, -0.2) is 33.4 Å². The van der Waals surface area contributed by atoms with Crippen molar-refractivity contribution in [1.29, 1.82) is 0 Å². The van der Waals surface area contributed by atoms with Gasteiger partial charge in [-0.25, -0.2) is 9.37 Å². The second kappa shape index (κ2) is 10.1. The van der Waals surface area contributed by atoms with Crippen molar-refractivity contribution in [3.05, 3.63) is 77.4 Å². The number of nitrogens with one attached hydrogen (secondary N) is 1. The van der Waals surface area contributed by atoms with E-state index in [2.05, 4.69) is 10.3 Å². The first-order chi connectivity index (χ1) is 14.1. The van der Waals surface area contributed by atoms with E-state index in [4.69, 9.17) is 4.74 Å². The number of aliphatic hydroxyl groups is 1. The molecule has 1 heterocycles. The molecule has 2 N–H and O–H groups in total. The molecule has 0 unspecified atom stereocenters. The Kier molecular flexibility index (Phi) is 7.26. The summed E-state index contributed by atoms with van der Waals surface area (Å²) in [4.78, 5) is 16.5. The standard InChI is InChI=1S/C21H22FN3O3S/c1-28-19-8-4-16(5-9-19)12-25-18(13-26)11-24-21(25)29-14-20(27)23-10-15-2-6-17(22)7-3-15/h2-9,11,26H,10,12-14H2,1H3,(H,23,27). The first kappa shape index (κ1) is 20.9. The van der Waals surface area contributed by atoms with Crippen molar-refractivity contribution in [1.82, 2.24) is 14.9 Å². The van der Waals surface area contributed by atoms with E-state index in [1.807, 2.05) is 28.8 Å². The van der Waals surface area contributed by atoms with E-state index in [0.717, 1.165) is 16.9 Å². The zero-order valence-corrected chi connectivity index (χ0v) is 16.8. The van der Waals surface area contributed by atoms with Crippen LogP contribution in [0.2, 0.25) is 0 Å². The Hall–Kier alpha value is -2.84. The molecule has 3 aromatic rings. The van der Waals surface area contributed by atoms with E-state index >= 15 is 0 Å². The lowest BCUT2D eigenvalue weighted by Crippen LogP contribution is -2.24. The molecule has 8 heteroatoms. The Morgan fingerprint density at radius 3 is 2.52 bits per heavy atom. The van der Waals surface area contributed by atoms with Gasteiger partial charge in [0, 0.05) is 13.1 Å². The van der Waals surface area contributed by atoms with Gasteiger partial charge in [-0.05, 0) is 35.4 Å². The van der Waals surface area contributed by atoms with Crippen LogP contribution in [-0.2, 0) is 24.5 Å². The normalized spacial score (nSPS) is 10.7. The van der Waals surface area contributed by atoms with Crippen molar-refractivity contribution in [3.8, 4) is 5.75 Å². The predicted molar refractivity (Wildman–Crippen MR) is 109 cm³/mol. The number of aromatic nitrogens is 2. The van der Waals surface area contributed by atoms with Gasteiger partial charge in [-0.1, -0.05) is 36.0 Å². The van der Waals surface area contributed by atoms with Crippen LogP contribution in [0.3, 0.4) is 0 Å². The van der Waals surface area contributed by atoms with Crippen LogP contribution >= 0.6 is 11.8 Å². The molecular weight excluding hydrogens is 393 g/mol. The molecule has 0 atom stereocenters. The first-order valence-electron chi connectivity index (χ1n) is 9.01. The van der Waals surface area contributed by atoms with Crippen LogP contribution in [0, 0.1) is 5.82 Å². The number of nitrogens with zero attached hydrogens (tertiary/aromatic N) is 2. The molecular formula is C21H22FN3O3S. The molecule has 0 aliphatic heterocycles. The number of methoxy groups -OCH3 is 1.